The van der Waals surface area contributed by atoms with Crippen molar-refractivity contribution in [2.24, 2.45) is 0 Å². The first-order chi connectivity index (χ1) is 15.1. The van der Waals surface area contributed by atoms with Crippen LogP contribution >= 0.6 is 0 Å². The van der Waals surface area contributed by atoms with Crippen LogP contribution in [0.15, 0.2) is 79.3 Å². The number of hydrogen-bond donors (Lipinski definition) is 3. The van der Waals surface area contributed by atoms with Gasteiger partial charge in [0.25, 0.3) is 0 Å². The summed E-state index contributed by atoms with van der Waals surface area (Å²) in [5.74, 6) is 1.23. The van der Waals surface area contributed by atoms with Crippen molar-refractivity contribution in [3.05, 3.63) is 96.1 Å². The van der Waals surface area contributed by atoms with Gasteiger partial charge in [-0.05, 0) is 23.8 Å². The molecule has 3 aromatic rings. The van der Waals surface area contributed by atoms with E-state index in [-0.39, 0.29) is 5.69 Å². The maximum atomic E-state index is 8.82. The second-order valence-corrected chi connectivity index (χ2v) is 6.61. The fourth-order valence-electron chi connectivity index (χ4n) is 2.93. The van der Waals surface area contributed by atoms with Crippen molar-refractivity contribution in [2.75, 3.05) is 24.8 Å². The lowest BCUT2D eigenvalue weighted by Crippen LogP contribution is -2.09. The summed E-state index contributed by atoms with van der Waals surface area (Å²) >= 11 is 0. The predicted molar refractivity (Wildman–Crippen MR) is 123 cm³/mol. The molecule has 1 heterocycles. The number of nitrogens with one attached hydrogen (secondary N) is 3. The minimum Gasteiger partial charge on any atom is -0.496 e. The van der Waals surface area contributed by atoms with Crippen LogP contribution in [0.3, 0.4) is 0 Å². The van der Waals surface area contributed by atoms with E-state index in [1.165, 1.54) is 18.0 Å². The second kappa shape index (κ2) is 10.5. The third-order valence-corrected chi connectivity index (χ3v) is 4.47. The number of ether oxygens (including phenoxy) is 1. The standard InChI is InChI=1S/C24H24N6O/c1-17(30-24-16-28-20(13-25)15-29-24)11-22(26-2)21-10-9-19(12-23(21)31-3)27-14-18-7-5-4-6-8-18/h4-12,15-16,26-27H,1,14H2,2-3H3,(H,29,30)/b22-11-. The molecule has 0 bridgehead atoms. The van der Waals surface area contributed by atoms with Crippen molar-refractivity contribution in [1.82, 2.24) is 15.3 Å². The molecule has 0 fully saturated rings. The van der Waals surface area contributed by atoms with Crippen LogP contribution < -0.4 is 20.7 Å². The van der Waals surface area contributed by atoms with Gasteiger partial charge in [-0.15, -0.1) is 0 Å². The summed E-state index contributed by atoms with van der Waals surface area (Å²) < 4.78 is 5.62. The molecule has 7 nitrogen and oxygen atoms in total. The van der Waals surface area contributed by atoms with Gasteiger partial charge < -0.3 is 20.7 Å². The third kappa shape index (κ3) is 5.84. The first kappa shape index (κ1) is 21.4. The second-order valence-electron chi connectivity index (χ2n) is 6.61. The molecule has 0 saturated heterocycles. The maximum absolute atomic E-state index is 8.82. The lowest BCUT2D eigenvalue weighted by atomic mass is 10.1. The molecular formula is C24H24N6O. The maximum Gasteiger partial charge on any atom is 0.158 e. The summed E-state index contributed by atoms with van der Waals surface area (Å²) in [6, 6.07) is 18.1. The summed E-state index contributed by atoms with van der Waals surface area (Å²) in [6.07, 6.45) is 4.75. The molecule has 0 aliphatic rings. The summed E-state index contributed by atoms with van der Waals surface area (Å²) in [6.45, 7) is 4.76. The zero-order valence-corrected chi connectivity index (χ0v) is 17.5. The average molecular weight is 412 g/mol. The molecule has 0 atom stereocenters. The van der Waals surface area contributed by atoms with E-state index in [0.29, 0.717) is 11.5 Å². The largest absolute Gasteiger partial charge is 0.496 e. The topological polar surface area (TPSA) is 94.9 Å². The summed E-state index contributed by atoms with van der Waals surface area (Å²) in [5.41, 5.74) is 4.75. The lowest BCUT2D eigenvalue weighted by Gasteiger charge is -2.15. The lowest BCUT2D eigenvalue weighted by molar-refractivity contribution is 0.413. The van der Waals surface area contributed by atoms with Crippen molar-refractivity contribution >= 4 is 17.2 Å². The third-order valence-electron chi connectivity index (χ3n) is 4.47. The molecule has 7 heteroatoms. The van der Waals surface area contributed by atoms with Gasteiger partial charge in [-0.2, -0.15) is 5.26 Å². The fourth-order valence-corrected chi connectivity index (χ4v) is 2.93. The number of rotatable bonds is 9. The van der Waals surface area contributed by atoms with E-state index in [0.717, 1.165) is 29.2 Å². The summed E-state index contributed by atoms with van der Waals surface area (Å²) in [5, 5.41) is 18.5. The van der Waals surface area contributed by atoms with Crippen LogP contribution in [0.4, 0.5) is 11.5 Å². The Morgan fingerprint density at radius 2 is 1.97 bits per heavy atom. The van der Waals surface area contributed by atoms with Crippen molar-refractivity contribution in [3.63, 3.8) is 0 Å². The highest BCUT2D eigenvalue weighted by Gasteiger charge is 2.10. The van der Waals surface area contributed by atoms with Crippen LogP contribution in [0.2, 0.25) is 0 Å². The molecule has 0 amide bonds. The molecule has 0 saturated carbocycles. The van der Waals surface area contributed by atoms with Crippen LogP contribution in [0, 0.1) is 11.3 Å². The highest BCUT2D eigenvalue weighted by atomic mass is 16.5. The minimum atomic E-state index is 0.258. The molecule has 156 valence electrons. The summed E-state index contributed by atoms with van der Waals surface area (Å²) in [7, 11) is 3.48. The van der Waals surface area contributed by atoms with Crippen LogP contribution in [0.25, 0.3) is 5.70 Å². The molecule has 0 radical (unpaired) electrons. The van der Waals surface area contributed by atoms with Gasteiger partial charge in [0.1, 0.15) is 17.6 Å². The average Bonchev–Trinajstić information content (AvgIpc) is 2.82. The van der Waals surface area contributed by atoms with Crippen molar-refractivity contribution < 1.29 is 4.74 Å². The van der Waals surface area contributed by atoms with E-state index in [2.05, 4.69) is 44.6 Å². The van der Waals surface area contributed by atoms with Crippen LogP contribution in [-0.4, -0.2) is 24.1 Å². The molecule has 3 rings (SSSR count). The number of nitriles is 1. The number of benzene rings is 2. The van der Waals surface area contributed by atoms with Gasteiger partial charge in [-0.3, -0.25) is 0 Å². The van der Waals surface area contributed by atoms with Crippen LogP contribution in [-0.2, 0) is 6.54 Å². The number of allylic oxidation sites excluding steroid dienone is 1. The Kier molecular flexibility index (Phi) is 7.22. The monoisotopic (exact) mass is 412 g/mol. The molecule has 31 heavy (non-hydrogen) atoms. The molecule has 3 N–H and O–H groups in total. The Morgan fingerprint density at radius 1 is 1.16 bits per heavy atom. The van der Waals surface area contributed by atoms with Gasteiger partial charge in [0.2, 0.25) is 0 Å². The van der Waals surface area contributed by atoms with E-state index in [4.69, 9.17) is 10.00 Å². The van der Waals surface area contributed by atoms with Crippen molar-refractivity contribution in [2.45, 2.75) is 6.54 Å². The van der Waals surface area contributed by atoms with Gasteiger partial charge in [0.05, 0.1) is 19.5 Å². The Labute approximate surface area is 182 Å². The zero-order chi connectivity index (χ0) is 22.1. The first-order valence-corrected chi connectivity index (χ1v) is 9.66. The van der Waals surface area contributed by atoms with Gasteiger partial charge in [-0.1, -0.05) is 36.9 Å². The number of hydrogen-bond acceptors (Lipinski definition) is 7. The van der Waals surface area contributed by atoms with E-state index in [1.54, 1.807) is 7.11 Å². The first-order valence-electron chi connectivity index (χ1n) is 9.66. The smallest absolute Gasteiger partial charge is 0.158 e. The number of nitrogens with zero attached hydrogens (tertiary/aromatic N) is 3. The SMILES string of the molecule is C=C(/C=C(\NC)c1ccc(NCc2ccccc2)cc1OC)Nc1cnc(C#N)cn1. The van der Waals surface area contributed by atoms with Crippen LogP contribution in [0.1, 0.15) is 16.8 Å². The molecular weight excluding hydrogens is 388 g/mol. The highest BCUT2D eigenvalue weighted by Crippen LogP contribution is 2.29. The number of aromatic nitrogens is 2. The van der Waals surface area contributed by atoms with E-state index in [9.17, 15) is 0 Å². The summed E-state index contributed by atoms with van der Waals surface area (Å²) in [4.78, 5) is 8.14. The Hall–Kier alpha value is -4.31. The van der Waals surface area contributed by atoms with E-state index < -0.39 is 0 Å². The van der Waals surface area contributed by atoms with Crippen LogP contribution in [0.5, 0.6) is 5.75 Å². The molecule has 1 aromatic heterocycles. The van der Waals surface area contributed by atoms with Gasteiger partial charge in [-0.25, -0.2) is 9.97 Å². The number of anilines is 2. The molecule has 2 aromatic carbocycles. The minimum absolute atomic E-state index is 0.258. The molecule has 0 spiro atoms. The fraction of sp³-hybridized carbons (Fsp3) is 0.125. The predicted octanol–water partition coefficient (Wildman–Crippen LogP) is 4.16. The Morgan fingerprint density at radius 3 is 2.61 bits per heavy atom. The van der Waals surface area contributed by atoms with Gasteiger partial charge in [0.15, 0.2) is 5.69 Å². The van der Waals surface area contributed by atoms with Gasteiger partial charge in [0, 0.05) is 42.3 Å². The van der Waals surface area contributed by atoms with Gasteiger partial charge >= 0.3 is 0 Å². The normalized spacial score (nSPS) is 10.7. The number of methoxy groups -OCH3 is 1. The van der Waals surface area contributed by atoms with E-state index in [1.807, 2.05) is 55.6 Å². The molecule has 0 unspecified atom stereocenters. The zero-order valence-electron chi connectivity index (χ0n) is 17.5. The van der Waals surface area contributed by atoms with Crippen molar-refractivity contribution in [1.29, 1.82) is 5.26 Å². The van der Waals surface area contributed by atoms with E-state index >= 15 is 0 Å². The highest BCUT2D eigenvalue weighted by molar-refractivity contribution is 5.74. The molecule has 0 aliphatic carbocycles. The Balaban J connectivity index is 1.74. The quantitative estimate of drug-likeness (QED) is 0.454. The molecule has 0 aliphatic heterocycles. The van der Waals surface area contributed by atoms with Crippen molar-refractivity contribution in [3.8, 4) is 11.8 Å². The Bertz CT molecular complexity index is 1100.